The Labute approximate surface area is 120 Å². The van der Waals surface area contributed by atoms with Crippen molar-refractivity contribution in [2.45, 2.75) is 6.61 Å². The first-order valence-electron chi connectivity index (χ1n) is 5.53. The van der Waals surface area contributed by atoms with Crippen LogP contribution < -0.4 is 10.5 Å². The minimum atomic E-state index is -0.385. The number of nitrogens with two attached hydrogens (primary N) is 1. The van der Waals surface area contributed by atoms with Gasteiger partial charge in [-0.2, -0.15) is 0 Å². The molecule has 0 amide bonds. The molecule has 0 unspecified atom stereocenters. The van der Waals surface area contributed by atoms with E-state index in [-0.39, 0.29) is 17.4 Å². The lowest BCUT2D eigenvalue weighted by molar-refractivity contribution is 0.306. The van der Waals surface area contributed by atoms with Gasteiger partial charge in [0, 0.05) is 5.56 Å². The Hall–Kier alpha value is -1.65. The van der Waals surface area contributed by atoms with Crippen molar-refractivity contribution in [3.05, 3.63) is 64.4 Å². The van der Waals surface area contributed by atoms with Crippen molar-refractivity contribution < 1.29 is 9.13 Å². The van der Waals surface area contributed by atoms with E-state index >= 15 is 0 Å². The molecule has 0 aliphatic rings. The van der Waals surface area contributed by atoms with Crippen LogP contribution in [0.15, 0.2) is 42.5 Å². The molecule has 2 aromatic carbocycles. The molecule has 0 saturated carbocycles. The third-order valence-electron chi connectivity index (χ3n) is 2.56. The Balaban J connectivity index is 2.20. The molecular weight excluding hydrogens is 285 g/mol. The molecule has 5 heteroatoms. The summed E-state index contributed by atoms with van der Waals surface area (Å²) in [6.45, 7) is 0.219. The van der Waals surface area contributed by atoms with Crippen molar-refractivity contribution in [3.8, 4) is 5.75 Å². The molecule has 0 spiro atoms. The highest BCUT2D eigenvalue weighted by Crippen LogP contribution is 2.24. The Morgan fingerprint density at radius 1 is 1.26 bits per heavy atom. The van der Waals surface area contributed by atoms with E-state index in [2.05, 4.69) is 0 Å². The van der Waals surface area contributed by atoms with Gasteiger partial charge in [0.2, 0.25) is 0 Å². The van der Waals surface area contributed by atoms with Gasteiger partial charge in [-0.1, -0.05) is 42.0 Å². The van der Waals surface area contributed by atoms with E-state index in [0.29, 0.717) is 21.9 Å². The van der Waals surface area contributed by atoms with Gasteiger partial charge in [0.25, 0.3) is 0 Å². The monoisotopic (exact) mass is 295 g/mol. The zero-order valence-corrected chi connectivity index (χ0v) is 11.5. The number of hydrogen-bond donors (Lipinski definition) is 1. The van der Waals surface area contributed by atoms with Crippen molar-refractivity contribution in [1.29, 1.82) is 0 Å². The number of hydrogen-bond acceptors (Lipinski definition) is 2. The van der Waals surface area contributed by atoms with Gasteiger partial charge in [-0.05, 0) is 29.8 Å². The highest BCUT2D eigenvalue weighted by atomic mass is 35.5. The van der Waals surface area contributed by atoms with Crippen LogP contribution in [0, 0.1) is 5.82 Å². The van der Waals surface area contributed by atoms with Crippen LogP contribution in [0.3, 0.4) is 0 Å². The van der Waals surface area contributed by atoms with Crippen molar-refractivity contribution in [2.24, 2.45) is 5.73 Å². The van der Waals surface area contributed by atoms with E-state index in [1.54, 1.807) is 18.2 Å². The van der Waals surface area contributed by atoms with Crippen molar-refractivity contribution in [2.75, 3.05) is 0 Å². The van der Waals surface area contributed by atoms with Gasteiger partial charge in [0.1, 0.15) is 23.2 Å². The molecule has 0 aliphatic heterocycles. The minimum Gasteiger partial charge on any atom is -0.487 e. The van der Waals surface area contributed by atoms with Crippen LogP contribution in [0.25, 0.3) is 0 Å². The summed E-state index contributed by atoms with van der Waals surface area (Å²) in [5, 5.41) is 0.515. The van der Waals surface area contributed by atoms with E-state index < -0.39 is 0 Å². The number of ether oxygens (including phenoxy) is 1. The van der Waals surface area contributed by atoms with Crippen LogP contribution in [0.2, 0.25) is 5.02 Å². The molecule has 0 fully saturated rings. The summed E-state index contributed by atoms with van der Waals surface area (Å²) in [5.41, 5.74) is 6.76. The summed E-state index contributed by atoms with van der Waals surface area (Å²) >= 11 is 10.9. The molecule has 0 radical (unpaired) electrons. The van der Waals surface area contributed by atoms with Crippen LogP contribution in [-0.2, 0) is 6.61 Å². The Bertz CT molecular complexity index is 618. The fourth-order valence-electron chi connectivity index (χ4n) is 1.62. The first-order valence-corrected chi connectivity index (χ1v) is 6.32. The molecule has 2 aromatic rings. The van der Waals surface area contributed by atoms with Gasteiger partial charge in [-0.15, -0.1) is 0 Å². The highest BCUT2D eigenvalue weighted by Gasteiger charge is 2.08. The molecule has 2 nitrogen and oxygen atoms in total. The predicted octanol–water partition coefficient (Wildman–Crippen LogP) is 3.69. The Morgan fingerprint density at radius 3 is 2.68 bits per heavy atom. The Kier molecular flexibility index (Phi) is 4.35. The molecule has 0 atom stereocenters. The summed E-state index contributed by atoms with van der Waals surface area (Å²) in [6, 6.07) is 11.4. The van der Waals surface area contributed by atoms with Gasteiger partial charge in [0.15, 0.2) is 0 Å². The van der Waals surface area contributed by atoms with E-state index in [0.717, 1.165) is 0 Å². The molecule has 0 heterocycles. The molecule has 2 rings (SSSR count). The maximum Gasteiger partial charge on any atom is 0.138 e. The molecule has 0 aliphatic carbocycles. The second-order valence-corrected chi connectivity index (χ2v) is 4.73. The zero-order valence-electron chi connectivity index (χ0n) is 9.90. The van der Waals surface area contributed by atoms with Crippen molar-refractivity contribution >= 4 is 28.8 Å². The summed E-state index contributed by atoms with van der Waals surface area (Å²) in [6.07, 6.45) is 0. The second-order valence-electron chi connectivity index (χ2n) is 3.88. The summed E-state index contributed by atoms with van der Waals surface area (Å²) in [4.78, 5) is 0.136. The largest absolute Gasteiger partial charge is 0.487 e. The molecule has 0 bridgehead atoms. The third-order valence-corrected chi connectivity index (χ3v) is 3.09. The fraction of sp³-hybridized carbons (Fsp3) is 0.0714. The quantitative estimate of drug-likeness (QED) is 0.874. The fourth-order valence-corrected chi connectivity index (χ4v) is 2.00. The van der Waals surface area contributed by atoms with Gasteiger partial charge >= 0.3 is 0 Å². The van der Waals surface area contributed by atoms with Crippen molar-refractivity contribution in [3.63, 3.8) is 0 Å². The Morgan fingerprint density at radius 2 is 2.00 bits per heavy atom. The van der Waals surface area contributed by atoms with E-state index in [1.807, 2.05) is 12.1 Å². The number of thiocarbonyl (C=S) groups is 1. The number of rotatable bonds is 4. The lowest BCUT2D eigenvalue weighted by Crippen LogP contribution is -2.14. The van der Waals surface area contributed by atoms with Crippen LogP contribution in [0.5, 0.6) is 5.75 Å². The average Bonchev–Trinajstić information content (AvgIpc) is 2.38. The highest BCUT2D eigenvalue weighted by molar-refractivity contribution is 7.80. The number of benzene rings is 2. The number of halogens is 2. The molecule has 19 heavy (non-hydrogen) atoms. The number of para-hydroxylation sites is 1. The second kappa shape index (κ2) is 5.99. The maximum atomic E-state index is 13.2. The van der Waals surface area contributed by atoms with Gasteiger partial charge in [-0.25, -0.2) is 4.39 Å². The molecule has 0 saturated heterocycles. The van der Waals surface area contributed by atoms with E-state index in [1.165, 1.54) is 12.1 Å². The van der Waals surface area contributed by atoms with Crippen LogP contribution in [-0.4, -0.2) is 4.99 Å². The van der Waals surface area contributed by atoms with Crippen LogP contribution in [0.4, 0.5) is 4.39 Å². The summed E-state index contributed by atoms with van der Waals surface area (Å²) in [7, 11) is 0. The molecular formula is C14H11ClFNOS. The third kappa shape index (κ3) is 3.43. The van der Waals surface area contributed by atoms with Gasteiger partial charge in [0.05, 0.1) is 5.02 Å². The van der Waals surface area contributed by atoms with E-state index in [4.69, 9.17) is 34.3 Å². The predicted molar refractivity (Wildman–Crippen MR) is 78.1 cm³/mol. The smallest absolute Gasteiger partial charge is 0.138 e. The molecule has 98 valence electrons. The average molecular weight is 296 g/mol. The first-order chi connectivity index (χ1) is 9.08. The summed E-state index contributed by atoms with van der Waals surface area (Å²) < 4.78 is 18.7. The van der Waals surface area contributed by atoms with Crippen molar-refractivity contribution in [1.82, 2.24) is 0 Å². The molecule has 2 N–H and O–H groups in total. The SMILES string of the molecule is NC(=S)c1cc(F)ccc1COc1ccccc1Cl. The first kappa shape index (κ1) is 13.8. The topological polar surface area (TPSA) is 35.2 Å². The van der Waals surface area contributed by atoms with Crippen LogP contribution in [0.1, 0.15) is 11.1 Å². The minimum absolute atomic E-state index is 0.136. The molecule has 0 aromatic heterocycles. The lowest BCUT2D eigenvalue weighted by atomic mass is 10.1. The maximum absolute atomic E-state index is 13.2. The lowest BCUT2D eigenvalue weighted by Gasteiger charge is -2.11. The normalized spacial score (nSPS) is 10.2. The van der Waals surface area contributed by atoms with E-state index in [9.17, 15) is 4.39 Å². The standard InChI is InChI=1S/C14H11ClFNOS/c15-12-3-1-2-4-13(12)18-8-9-5-6-10(16)7-11(9)14(17)19/h1-7H,8H2,(H2,17,19). The zero-order chi connectivity index (χ0) is 13.8. The van der Waals surface area contributed by atoms with Crippen LogP contribution >= 0.6 is 23.8 Å². The van der Waals surface area contributed by atoms with Gasteiger partial charge < -0.3 is 10.5 Å². The summed E-state index contributed by atoms with van der Waals surface area (Å²) in [5.74, 6) is 0.173. The van der Waals surface area contributed by atoms with Gasteiger partial charge in [-0.3, -0.25) is 0 Å².